The van der Waals surface area contributed by atoms with Crippen molar-refractivity contribution in [3.05, 3.63) is 29.3 Å². The van der Waals surface area contributed by atoms with Crippen molar-refractivity contribution in [2.75, 3.05) is 13.1 Å². The molecule has 1 unspecified atom stereocenters. The minimum Gasteiger partial charge on any atom is -0.508 e. The number of hydrogen-bond donors (Lipinski definition) is 2. The van der Waals surface area contributed by atoms with Gasteiger partial charge in [-0.25, -0.2) is 0 Å². The fourth-order valence-corrected chi connectivity index (χ4v) is 2.63. The SMILES string of the molecule is CCC1(C(=O)O)CCN(C(=O)c2ccc(O)c(C)c2)C1. The highest BCUT2D eigenvalue weighted by Crippen LogP contribution is 2.35. The Balaban J connectivity index is 2.19. The Morgan fingerprint density at radius 3 is 2.60 bits per heavy atom. The molecule has 1 fully saturated rings. The van der Waals surface area contributed by atoms with Crippen LogP contribution in [0.4, 0.5) is 0 Å². The number of amides is 1. The summed E-state index contributed by atoms with van der Waals surface area (Å²) < 4.78 is 0. The van der Waals surface area contributed by atoms with E-state index in [0.29, 0.717) is 30.5 Å². The Bertz CT molecular complexity index is 555. The largest absolute Gasteiger partial charge is 0.508 e. The van der Waals surface area contributed by atoms with E-state index in [1.165, 1.54) is 6.07 Å². The summed E-state index contributed by atoms with van der Waals surface area (Å²) in [6.45, 7) is 4.27. The molecule has 1 aromatic rings. The zero-order valence-corrected chi connectivity index (χ0v) is 11.7. The molecule has 0 bridgehead atoms. The second kappa shape index (κ2) is 5.15. The molecule has 1 atom stereocenters. The highest BCUT2D eigenvalue weighted by molar-refractivity contribution is 5.95. The van der Waals surface area contributed by atoms with Gasteiger partial charge in [0.15, 0.2) is 0 Å². The third-order valence-corrected chi connectivity index (χ3v) is 4.22. The van der Waals surface area contributed by atoms with Crippen LogP contribution in [0.15, 0.2) is 18.2 Å². The van der Waals surface area contributed by atoms with Crippen LogP contribution in [0.1, 0.15) is 35.7 Å². The maximum Gasteiger partial charge on any atom is 0.311 e. The number of phenolic OH excluding ortho intramolecular Hbond substituents is 1. The number of carbonyl (C=O) groups is 2. The summed E-state index contributed by atoms with van der Waals surface area (Å²) in [4.78, 5) is 25.4. The molecule has 5 heteroatoms. The molecular weight excluding hydrogens is 258 g/mol. The van der Waals surface area contributed by atoms with Crippen molar-refractivity contribution >= 4 is 11.9 Å². The van der Waals surface area contributed by atoms with E-state index < -0.39 is 11.4 Å². The van der Waals surface area contributed by atoms with Crippen LogP contribution in [0.25, 0.3) is 0 Å². The minimum absolute atomic E-state index is 0.149. The van der Waals surface area contributed by atoms with Gasteiger partial charge < -0.3 is 15.1 Å². The number of rotatable bonds is 3. The molecule has 0 aromatic heterocycles. The van der Waals surface area contributed by atoms with Gasteiger partial charge in [0.05, 0.1) is 5.41 Å². The first-order valence-corrected chi connectivity index (χ1v) is 6.72. The molecule has 108 valence electrons. The molecule has 0 saturated carbocycles. The summed E-state index contributed by atoms with van der Waals surface area (Å²) in [5, 5.41) is 18.8. The number of benzene rings is 1. The van der Waals surface area contributed by atoms with Gasteiger partial charge in [-0.2, -0.15) is 0 Å². The van der Waals surface area contributed by atoms with Gasteiger partial charge in [0.1, 0.15) is 5.75 Å². The quantitative estimate of drug-likeness (QED) is 0.886. The number of carboxylic acids is 1. The van der Waals surface area contributed by atoms with E-state index >= 15 is 0 Å². The highest BCUT2D eigenvalue weighted by Gasteiger charge is 2.44. The van der Waals surface area contributed by atoms with Crippen LogP contribution in [0.3, 0.4) is 0 Å². The molecule has 1 aromatic carbocycles. The smallest absolute Gasteiger partial charge is 0.311 e. The summed E-state index contributed by atoms with van der Waals surface area (Å²) in [5.74, 6) is -0.863. The Morgan fingerprint density at radius 1 is 1.40 bits per heavy atom. The minimum atomic E-state index is -0.836. The van der Waals surface area contributed by atoms with Gasteiger partial charge in [0.2, 0.25) is 0 Å². The lowest BCUT2D eigenvalue weighted by molar-refractivity contribution is -0.148. The lowest BCUT2D eigenvalue weighted by atomic mass is 9.84. The third-order valence-electron chi connectivity index (χ3n) is 4.22. The van der Waals surface area contributed by atoms with Crippen LogP contribution >= 0.6 is 0 Å². The normalized spacial score (nSPS) is 22.0. The number of nitrogens with zero attached hydrogens (tertiary/aromatic N) is 1. The van der Waals surface area contributed by atoms with Crippen molar-refractivity contribution in [1.29, 1.82) is 0 Å². The maximum absolute atomic E-state index is 12.4. The number of aliphatic carboxylic acids is 1. The van der Waals surface area contributed by atoms with Gasteiger partial charge in [0.25, 0.3) is 5.91 Å². The van der Waals surface area contributed by atoms with Crippen molar-refractivity contribution in [2.24, 2.45) is 5.41 Å². The first kappa shape index (κ1) is 14.4. The van der Waals surface area contributed by atoms with Crippen LogP contribution in [-0.2, 0) is 4.79 Å². The molecule has 1 saturated heterocycles. The summed E-state index contributed by atoms with van der Waals surface area (Å²) in [6.07, 6.45) is 1.00. The number of aryl methyl sites for hydroxylation is 1. The van der Waals surface area contributed by atoms with E-state index in [1.807, 2.05) is 6.92 Å². The second-order valence-corrected chi connectivity index (χ2v) is 5.42. The summed E-state index contributed by atoms with van der Waals surface area (Å²) >= 11 is 0. The van der Waals surface area contributed by atoms with Crippen molar-refractivity contribution in [3.8, 4) is 5.75 Å². The molecular formula is C15H19NO4. The Kier molecular flexibility index (Phi) is 3.70. The van der Waals surface area contributed by atoms with Crippen molar-refractivity contribution in [2.45, 2.75) is 26.7 Å². The van der Waals surface area contributed by atoms with E-state index in [2.05, 4.69) is 0 Å². The van der Waals surface area contributed by atoms with Crippen LogP contribution in [0.5, 0.6) is 5.75 Å². The first-order valence-electron chi connectivity index (χ1n) is 6.72. The van der Waals surface area contributed by atoms with E-state index in [9.17, 15) is 19.8 Å². The average molecular weight is 277 g/mol. The van der Waals surface area contributed by atoms with Gasteiger partial charge in [-0.05, 0) is 43.5 Å². The predicted molar refractivity (Wildman–Crippen MR) is 73.7 cm³/mol. The van der Waals surface area contributed by atoms with Gasteiger partial charge >= 0.3 is 5.97 Å². The van der Waals surface area contributed by atoms with Gasteiger partial charge in [-0.1, -0.05) is 6.92 Å². The lowest BCUT2D eigenvalue weighted by Crippen LogP contribution is -2.36. The highest BCUT2D eigenvalue weighted by atomic mass is 16.4. The van der Waals surface area contributed by atoms with Crippen molar-refractivity contribution in [3.63, 3.8) is 0 Å². The average Bonchev–Trinajstić information content (AvgIpc) is 2.87. The van der Waals surface area contributed by atoms with E-state index in [4.69, 9.17) is 0 Å². The van der Waals surface area contributed by atoms with E-state index in [-0.39, 0.29) is 18.2 Å². The van der Waals surface area contributed by atoms with Crippen LogP contribution in [0, 0.1) is 12.3 Å². The van der Waals surface area contributed by atoms with E-state index in [1.54, 1.807) is 24.0 Å². The molecule has 5 nitrogen and oxygen atoms in total. The molecule has 1 aliphatic heterocycles. The number of likely N-dealkylation sites (tertiary alicyclic amines) is 1. The zero-order valence-electron chi connectivity index (χ0n) is 11.7. The fraction of sp³-hybridized carbons (Fsp3) is 0.467. The molecule has 1 aliphatic rings. The number of phenols is 1. The van der Waals surface area contributed by atoms with Crippen molar-refractivity contribution in [1.82, 2.24) is 4.90 Å². The van der Waals surface area contributed by atoms with Gasteiger partial charge in [0, 0.05) is 18.7 Å². The molecule has 1 heterocycles. The zero-order chi connectivity index (χ0) is 14.9. The Morgan fingerprint density at radius 2 is 2.10 bits per heavy atom. The molecule has 20 heavy (non-hydrogen) atoms. The topological polar surface area (TPSA) is 77.8 Å². The maximum atomic E-state index is 12.4. The second-order valence-electron chi connectivity index (χ2n) is 5.42. The molecule has 0 radical (unpaired) electrons. The fourth-order valence-electron chi connectivity index (χ4n) is 2.63. The number of hydrogen-bond acceptors (Lipinski definition) is 3. The Labute approximate surface area is 117 Å². The Hall–Kier alpha value is -2.04. The van der Waals surface area contributed by atoms with Crippen LogP contribution in [-0.4, -0.2) is 40.1 Å². The number of carboxylic acid groups (broad SMARTS) is 1. The van der Waals surface area contributed by atoms with Gasteiger partial charge in [-0.3, -0.25) is 9.59 Å². The van der Waals surface area contributed by atoms with Crippen molar-refractivity contribution < 1.29 is 19.8 Å². The molecule has 1 amide bonds. The summed E-state index contributed by atoms with van der Waals surface area (Å²) in [7, 11) is 0. The van der Waals surface area contributed by atoms with Crippen LogP contribution < -0.4 is 0 Å². The number of aromatic hydroxyl groups is 1. The van der Waals surface area contributed by atoms with Crippen LogP contribution in [0.2, 0.25) is 0 Å². The summed E-state index contributed by atoms with van der Waals surface area (Å²) in [5.41, 5.74) is 0.300. The first-order chi connectivity index (χ1) is 9.39. The molecule has 2 N–H and O–H groups in total. The monoisotopic (exact) mass is 277 g/mol. The van der Waals surface area contributed by atoms with Gasteiger partial charge in [-0.15, -0.1) is 0 Å². The number of carbonyl (C=O) groups excluding carboxylic acids is 1. The predicted octanol–water partition coefficient (Wildman–Crippen LogP) is 2.03. The summed E-state index contributed by atoms with van der Waals surface area (Å²) in [6, 6.07) is 4.69. The standard InChI is InChI=1S/C15H19NO4/c1-3-15(14(19)20)6-7-16(9-15)13(18)11-4-5-12(17)10(2)8-11/h4-5,8,17H,3,6-7,9H2,1-2H3,(H,19,20). The third kappa shape index (κ3) is 2.35. The van der Waals surface area contributed by atoms with E-state index in [0.717, 1.165) is 0 Å². The molecule has 0 spiro atoms. The molecule has 2 rings (SSSR count). The lowest BCUT2D eigenvalue weighted by Gasteiger charge is -2.23. The molecule has 0 aliphatic carbocycles.